The lowest BCUT2D eigenvalue weighted by molar-refractivity contribution is -0.174. The van der Waals surface area contributed by atoms with Crippen molar-refractivity contribution in [1.29, 1.82) is 0 Å². The highest BCUT2D eigenvalue weighted by molar-refractivity contribution is 5.82. The Bertz CT molecular complexity index is 497. The monoisotopic (exact) mass is 315 g/mol. The summed E-state index contributed by atoms with van der Waals surface area (Å²) in [5, 5.41) is 11.9. The Morgan fingerprint density at radius 1 is 1.32 bits per heavy atom. The number of rotatable bonds is 7. The normalized spacial score (nSPS) is 14.2. The molecule has 0 saturated heterocycles. The van der Waals surface area contributed by atoms with E-state index in [0.717, 1.165) is 12.8 Å². The van der Waals surface area contributed by atoms with E-state index in [-0.39, 0.29) is 0 Å². The standard InChI is InChI=1S/C16H20F3NO2/c1-3-4-5-6-14(21)13-9-7-12(8-10-13)11(2)20-15(22)16(17,18)19/h3,7-11,14,21H,1,4-6H2,2H3,(H,20,22)/t11-,14?/m0/s1. The highest BCUT2D eigenvalue weighted by Crippen LogP contribution is 2.23. The highest BCUT2D eigenvalue weighted by Gasteiger charge is 2.39. The molecule has 1 rings (SSSR count). The van der Waals surface area contributed by atoms with Crippen molar-refractivity contribution in [2.75, 3.05) is 0 Å². The molecule has 1 unspecified atom stereocenters. The van der Waals surface area contributed by atoms with Gasteiger partial charge in [0.15, 0.2) is 0 Å². The number of hydrogen-bond donors (Lipinski definition) is 2. The first-order chi connectivity index (χ1) is 10.3. The summed E-state index contributed by atoms with van der Waals surface area (Å²) in [5.74, 6) is -1.96. The van der Waals surface area contributed by atoms with Crippen molar-refractivity contribution in [2.24, 2.45) is 0 Å². The maximum Gasteiger partial charge on any atom is 0.471 e. The van der Waals surface area contributed by atoms with Gasteiger partial charge in [-0.3, -0.25) is 4.79 Å². The number of carbonyl (C=O) groups excluding carboxylic acids is 1. The smallest absolute Gasteiger partial charge is 0.388 e. The number of allylic oxidation sites excluding steroid dienone is 1. The van der Waals surface area contributed by atoms with Gasteiger partial charge in [0.05, 0.1) is 12.1 Å². The number of aliphatic hydroxyl groups is 1. The summed E-state index contributed by atoms with van der Waals surface area (Å²) in [6, 6.07) is 5.76. The molecule has 1 aromatic rings. The predicted octanol–water partition coefficient (Wildman–Crippen LogP) is 3.82. The molecule has 0 fully saturated rings. The fraction of sp³-hybridized carbons (Fsp3) is 0.438. The minimum Gasteiger partial charge on any atom is -0.388 e. The second-order valence-corrected chi connectivity index (χ2v) is 5.09. The number of aliphatic hydroxyl groups excluding tert-OH is 1. The van der Waals surface area contributed by atoms with Crippen LogP contribution in [0.4, 0.5) is 13.2 Å². The number of carbonyl (C=O) groups is 1. The minimum absolute atomic E-state index is 0.541. The summed E-state index contributed by atoms with van der Waals surface area (Å²) in [6.07, 6.45) is -1.52. The van der Waals surface area contributed by atoms with Crippen molar-refractivity contribution in [3.63, 3.8) is 0 Å². The van der Waals surface area contributed by atoms with Crippen LogP contribution >= 0.6 is 0 Å². The van der Waals surface area contributed by atoms with Crippen LogP contribution < -0.4 is 5.32 Å². The van der Waals surface area contributed by atoms with Crippen LogP contribution in [0, 0.1) is 0 Å². The van der Waals surface area contributed by atoms with E-state index in [4.69, 9.17) is 0 Å². The molecule has 0 aromatic heterocycles. The zero-order chi connectivity index (χ0) is 16.8. The zero-order valence-electron chi connectivity index (χ0n) is 12.4. The van der Waals surface area contributed by atoms with E-state index in [1.807, 2.05) is 5.32 Å². The van der Waals surface area contributed by atoms with Gasteiger partial charge in [-0.2, -0.15) is 13.2 Å². The maximum absolute atomic E-state index is 12.2. The molecule has 3 nitrogen and oxygen atoms in total. The molecule has 0 aliphatic carbocycles. The Kier molecular flexibility index (Phi) is 6.61. The summed E-state index contributed by atoms with van der Waals surface area (Å²) in [5.41, 5.74) is 1.24. The Labute approximate surface area is 127 Å². The van der Waals surface area contributed by atoms with E-state index in [2.05, 4.69) is 6.58 Å². The van der Waals surface area contributed by atoms with E-state index in [0.29, 0.717) is 17.5 Å². The van der Waals surface area contributed by atoms with Crippen LogP contribution in [0.2, 0.25) is 0 Å². The van der Waals surface area contributed by atoms with E-state index in [9.17, 15) is 23.1 Å². The van der Waals surface area contributed by atoms with Gasteiger partial charge in [-0.05, 0) is 37.3 Å². The first kappa shape index (κ1) is 18.2. The van der Waals surface area contributed by atoms with E-state index < -0.39 is 24.2 Å². The van der Waals surface area contributed by atoms with Crippen molar-refractivity contribution in [1.82, 2.24) is 5.32 Å². The van der Waals surface area contributed by atoms with Crippen LogP contribution in [0.3, 0.4) is 0 Å². The summed E-state index contributed by atoms with van der Waals surface area (Å²) in [4.78, 5) is 10.9. The molecule has 0 radical (unpaired) electrons. The average molecular weight is 315 g/mol. The molecular formula is C16H20F3NO2. The maximum atomic E-state index is 12.2. The second kappa shape index (κ2) is 7.98. The third kappa shape index (κ3) is 5.52. The number of halogens is 3. The lowest BCUT2D eigenvalue weighted by Crippen LogP contribution is -2.38. The van der Waals surface area contributed by atoms with Crippen LogP contribution in [-0.4, -0.2) is 17.2 Å². The Balaban J connectivity index is 2.64. The van der Waals surface area contributed by atoms with Crippen LogP contribution in [0.25, 0.3) is 0 Å². The van der Waals surface area contributed by atoms with Crippen LogP contribution in [0.15, 0.2) is 36.9 Å². The summed E-state index contributed by atoms with van der Waals surface area (Å²) in [6.45, 7) is 5.08. The van der Waals surface area contributed by atoms with Crippen molar-refractivity contribution in [3.8, 4) is 0 Å². The molecule has 0 spiro atoms. The van der Waals surface area contributed by atoms with Gasteiger partial charge in [0.25, 0.3) is 0 Å². The molecule has 0 aliphatic heterocycles. The molecule has 0 bridgehead atoms. The highest BCUT2D eigenvalue weighted by atomic mass is 19.4. The van der Waals surface area contributed by atoms with Gasteiger partial charge >= 0.3 is 12.1 Å². The van der Waals surface area contributed by atoms with Gasteiger partial charge in [-0.25, -0.2) is 0 Å². The fourth-order valence-corrected chi connectivity index (χ4v) is 1.99. The first-order valence-corrected chi connectivity index (χ1v) is 7.02. The van der Waals surface area contributed by atoms with Gasteiger partial charge in [-0.1, -0.05) is 30.3 Å². The van der Waals surface area contributed by atoms with Gasteiger partial charge in [0.1, 0.15) is 0 Å². The quantitative estimate of drug-likeness (QED) is 0.594. The van der Waals surface area contributed by atoms with Gasteiger partial charge in [0, 0.05) is 0 Å². The van der Waals surface area contributed by atoms with Crippen molar-refractivity contribution in [2.45, 2.75) is 44.5 Å². The van der Waals surface area contributed by atoms with Gasteiger partial charge < -0.3 is 10.4 Å². The van der Waals surface area contributed by atoms with Crippen LogP contribution in [0.5, 0.6) is 0 Å². The fourth-order valence-electron chi connectivity index (χ4n) is 1.99. The number of hydrogen-bond acceptors (Lipinski definition) is 2. The molecule has 2 N–H and O–H groups in total. The minimum atomic E-state index is -4.89. The number of amides is 1. The second-order valence-electron chi connectivity index (χ2n) is 5.09. The summed E-state index contributed by atoms with van der Waals surface area (Å²) >= 11 is 0. The largest absolute Gasteiger partial charge is 0.471 e. The number of nitrogens with one attached hydrogen (secondary N) is 1. The molecule has 22 heavy (non-hydrogen) atoms. The van der Waals surface area contributed by atoms with Crippen molar-refractivity contribution < 1.29 is 23.1 Å². The van der Waals surface area contributed by atoms with Crippen molar-refractivity contribution in [3.05, 3.63) is 48.0 Å². The Hall–Kier alpha value is -1.82. The third-order valence-corrected chi connectivity index (χ3v) is 3.31. The van der Waals surface area contributed by atoms with Crippen LogP contribution in [-0.2, 0) is 4.79 Å². The molecule has 0 aliphatic rings. The third-order valence-electron chi connectivity index (χ3n) is 3.31. The Morgan fingerprint density at radius 3 is 2.36 bits per heavy atom. The molecule has 6 heteroatoms. The SMILES string of the molecule is C=CCCCC(O)c1ccc([C@H](C)NC(=O)C(F)(F)F)cc1. The number of alkyl halides is 3. The molecule has 2 atom stereocenters. The van der Waals surface area contributed by atoms with E-state index >= 15 is 0 Å². The summed E-state index contributed by atoms with van der Waals surface area (Å²) in [7, 11) is 0. The predicted molar refractivity (Wildman–Crippen MR) is 78.1 cm³/mol. The molecule has 0 saturated carbocycles. The molecule has 1 aromatic carbocycles. The Morgan fingerprint density at radius 2 is 1.86 bits per heavy atom. The number of benzene rings is 1. The lowest BCUT2D eigenvalue weighted by Gasteiger charge is -2.17. The average Bonchev–Trinajstić information content (AvgIpc) is 2.46. The number of unbranched alkanes of at least 4 members (excludes halogenated alkanes) is 1. The van der Waals surface area contributed by atoms with E-state index in [1.54, 1.807) is 30.3 Å². The molecule has 122 valence electrons. The molecule has 0 heterocycles. The van der Waals surface area contributed by atoms with Gasteiger partial charge in [0.2, 0.25) is 0 Å². The zero-order valence-corrected chi connectivity index (χ0v) is 12.4. The molecule has 1 amide bonds. The first-order valence-electron chi connectivity index (χ1n) is 7.02. The van der Waals surface area contributed by atoms with Gasteiger partial charge in [-0.15, -0.1) is 6.58 Å². The van der Waals surface area contributed by atoms with Crippen LogP contribution in [0.1, 0.15) is 49.5 Å². The lowest BCUT2D eigenvalue weighted by atomic mass is 10.0. The molecular weight excluding hydrogens is 295 g/mol. The topological polar surface area (TPSA) is 49.3 Å². The van der Waals surface area contributed by atoms with E-state index in [1.165, 1.54) is 6.92 Å². The van der Waals surface area contributed by atoms with Crippen molar-refractivity contribution >= 4 is 5.91 Å². The summed E-state index contributed by atoms with van der Waals surface area (Å²) < 4.78 is 36.6.